The fraction of sp³-hybridized carbons (Fsp3) is 0.174. The van der Waals surface area contributed by atoms with Gasteiger partial charge in [0.1, 0.15) is 11.5 Å². The van der Waals surface area contributed by atoms with Gasteiger partial charge in [0.2, 0.25) is 0 Å². The van der Waals surface area contributed by atoms with E-state index in [1.165, 1.54) is 5.56 Å². The van der Waals surface area contributed by atoms with Crippen molar-refractivity contribution >= 4 is 11.6 Å². The Kier molecular flexibility index (Phi) is 4.84. The lowest BCUT2D eigenvalue weighted by Gasteiger charge is -2.27. The maximum atomic E-state index is 6.29. The molecular formula is C23H19ClN4O. The fourth-order valence-electron chi connectivity index (χ4n) is 3.64. The van der Waals surface area contributed by atoms with Crippen LogP contribution in [0, 0.1) is 0 Å². The summed E-state index contributed by atoms with van der Waals surface area (Å²) in [7, 11) is 0. The second kappa shape index (κ2) is 7.78. The second-order valence-corrected chi connectivity index (χ2v) is 7.52. The van der Waals surface area contributed by atoms with Gasteiger partial charge >= 0.3 is 0 Å². The second-order valence-electron chi connectivity index (χ2n) is 7.11. The fourth-order valence-corrected chi connectivity index (χ4v) is 3.87. The van der Waals surface area contributed by atoms with Gasteiger partial charge in [0.15, 0.2) is 5.82 Å². The minimum absolute atomic E-state index is 0.697. The molecule has 0 saturated heterocycles. The molecule has 0 radical (unpaired) electrons. The summed E-state index contributed by atoms with van der Waals surface area (Å²) in [6, 6.07) is 15.6. The number of pyridine rings is 1. The highest BCUT2D eigenvalue weighted by Crippen LogP contribution is 2.30. The molecule has 5 rings (SSSR count). The lowest BCUT2D eigenvalue weighted by Crippen LogP contribution is -2.30. The van der Waals surface area contributed by atoms with Crippen molar-refractivity contribution in [3.8, 4) is 22.7 Å². The number of hydrogen-bond donors (Lipinski definition) is 0. The summed E-state index contributed by atoms with van der Waals surface area (Å²) in [6.07, 6.45) is 6.37. The first-order chi connectivity index (χ1) is 14.3. The van der Waals surface area contributed by atoms with Gasteiger partial charge in [-0.25, -0.2) is 9.97 Å². The van der Waals surface area contributed by atoms with Crippen LogP contribution in [0.1, 0.15) is 17.0 Å². The van der Waals surface area contributed by atoms with E-state index in [1.54, 1.807) is 12.4 Å². The van der Waals surface area contributed by atoms with Gasteiger partial charge in [-0.15, -0.1) is 0 Å². The van der Waals surface area contributed by atoms with E-state index in [0.29, 0.717) is 5.02 Å². The Morgan fingerprint density at radius 1 is 1.03 bits per heavy atom. The molecule has 0 bridgehead atoms. The molecule has 3 aromatic heterocycles. The number of rotatable bonds is 4. The van der Waals surface area contributed by atoms with E-state index in [4.69, 9.17) is 21.0 Å². The summed E-state index contributed by atoms with van der Waals surface area (Å²) in [5.41, 5.74) is 4.21. The Hall–Kier alpha value is -3.02. The van der Waals surface area contributed by atoms with Crippen LogP contribution in [0.5, 0.6) is 0 Å². The minimum atomic E-state index is 0.697. The van der Waals surface area contributed by atoms with Crippen molar-refractivity contribution in [1.29, 1.82) is 0 Å². The third-order valence-electron chi connectivity index (χ3n) is 5.13. The quantitative estimate of drug-likeness (QED) is 0.480. The number of fused-ring (bicyclic) bond motifs is 1. The van der Waals surface area contributed by atoms with E-state index >= 15 is 0 Å². The maximum absolute atomic E-state index is 6.29. The molecule has 144 valence electrons. The molecule has 0 saturated carbocycles. The normalized spacial score (nSPS) is 14.0. The van der Waals surface area contributed by atoms with Gasteiger partial charge in [-0.2, -0.15) is 0 Å². The summed E-state index contributed by atoms with van der Waals surface area (Å²) < 4.78 is 6.05. The van der Waals surface area contributed by atoms with Crippen molar-refractivity contribution in [2.24, 2.45) is 0 Å². The molecule has 1 aliphatic rings. The Morgan fingerprint density at radius 3 is 2.76 bits per heavy atom. The van der Waals surface area contributed by atoms with Gasteiger partial charge < -0.3 is 4.42 Å². The lowest BCUT2D eigenvalue weighted by molar-refractivity contribution is 0.224. The van der Waals surface area contributed by atoms with E-state index in [1.807, 2.05) is 54.7 Å². The SMILES string of the molecule is Clc1ccccc1-c1ccc(CN2CCc3nc(-c4ccncc4)ncc3C2)o1. The highest BCUT2D eigenvalue weighted by atomic mass is 35.5. The molecule has 4 aromatic rings. The molecule has 1 aromatic carbocycles. The van der Waals surface area contributed by atoms with Gasteiger partial charge in [-0.05, 0) is 36.4 Å². The van der Waals surface area contributed by atoms with Crippen molar-refractivity contribution in [2.75, 3.05) is 6.54 Å². The topological polar surface area (TPSA) is 55.1 Å². The lowest BCUT2D eigenvalue weighted by atomic mass is 10.1. The third kappa shape index (κ3) is 3.79. The molecule has 5 nitrogen and oxygen atoms in total. The molecule has 0 N–H and O–H groups in total. The average molecular weight is 403 g/mol. The molecular weight excluding hydrogens is 384 g/mol. The summed E-state index contributed by atoms with van der Waals surface area (Å²) in [5.74, 6) is 2.49. The molecule has 4 heterocycles. The van der Waals surface area contributed by atoms with Gasteiger partial charge in [-0.3, -0.25) is 9.88 Å². The highest BCUT2D eigenvalue weighted by molar-refractivity contribution is 6.33. The molecule has 0 amide bonds. The van der Waals surface area contributed by atoms with Gasteiger partial charge in [-0.1, -0.05) is 23.7 Å². The Balaban J connectivity index is 1.30. The predicted molar refractivity (Wildman–Crippen MR) is 112 cm³/mol. The Labute approximate surface area is 174 Å². The zero-order valence-electron chi connectivity index (χ0n) is 15.8. The third-order valence-corrected chi connectivity index (χ3v) is 5.46. The largest absolute Gasteiger partial charge is 0.460 e. The van der Waals surface area contributed by atoms with Crippen LogP contribution in [0.15, 0.2) is 71.5 Å². The van der Waals surface area contributed by atoms with Crippen LogP contribution >= 0.6 is 11.6 Å². The van der Waals surface area contributed by atoms with Crippen LogP contribution in [0.3, 0.4) is 0 Å². The zero-order valence-corrected chi connectivity index (χ0v) is 16.5. The molecule has 1 aliphatic heterocycles. The first-order valence-corrected chi connectivity index (χ1v) is 9.95. The highest BCUT2D eigenvalue weighted by Gasteiger charge is 2.20. The molecule has 0 fully saturated rings. The number of halogens is 1. The van der Waals surface area contributed by atoms with Gasteiger partial charge in [0.05, 0.1) is 17.3 Å². The molecule has 0 atom stereocenters. The number of nitrogens with zero attached hydrogens (tertiary/aromatic N) is 4. The van der Waals surface area contributed by atoms with E-state index in [-0.39, 0.29) is 0 Å². The zero-order chi connectivity index (χ0) is 19.6. The predicted octanol–water partition coefficient (Wildman–Crippen LogP) is 5.01. The molecule has 6 heteroatoms. The Bertz CT molecular complexity index is 1140. The molecule has 0 spiro atoms. The molecule has 29 heavy (non-hydrogen) atoms. The summed E-state index contributed by atoms with van der Waals surface area (Å²) >= 11 is 6.29. The molecule has 0 aliphatic carbocycles. The molecule has 0 unspecified atom stereocenters. The van der Waals surface area contributed by atoms with Crippen molar-refractivity contribution in [1.82, 2.24) is 19.9 Å². The van der Waals surface area contributed by atoms with E-state index in [9.17, 15) is 0 Å². The summed E-state index contributed by atoms with van der Waals surface area (Å²) in [5, 5.41) is 0.697. The van der Waals surface area contributed by atoms with Crippen LogP contribution in [0.25, 0.3) is 22.7 Å². The number of benzene rings is 1. The van der Waals surface area contributed by atoms with Gasteiger partial charge in [0, 0.05) is 54.8 Å². The van der Waals surface area contributed by atoms with Crippen LogP contribution < -0.4 is 0 Å². The van der Waals surface area contributed by atoms with Crippen LogP contribution in [-0.2, 0) is 19.5 Å². The van der Waals surface area contributed by atoms with Crippen LogP contribution in [0.4, 0.5) is 0 Å². The van der Waals surface area contributed by atoms with Crippen LogP contribution in [-0.4, -0.2) is 26.4 Å². The number of furan rings is 1. The summed E-state index contributed by atoms with van der Waals surface area (Å²) in [4.78, 5) is 15.7. The van der Waals surface area contributed by atoms with Gasteiger partial charge in [0.25, 0.3) is 0 Å². The Morgan fingerprint density at radius 2 is 1.90 bits per heavy atom. The first kappa shape index (κ1) is 18.0. The smallest absolute Gasteiger partial charge is 0.159 e. The van der Waals surface area contributed by atoms with E-state index < -0.39 is 0 Å². The standard InChI is InChI=1S/C23H19ClN4O/c24-20-4-2-1-3-19(20)22-6-5-18(29-22)15-28-12-9-21-17(14-28)13-26-23(27-21)16-7-10-25-11-8-16/h1-8,10-11,13H,9,12,14-15H2. The van der Waals surface area contributed by atoms with Crippen LogP contribution in [0.2, 0.25) is 5.02 Å². The maximum Gasteiger partial charge on any atom is 0.159 e. The van der Waals surface area contributed by atoms with Crippen molar-refractivity contribution in [3.63, 3.8) is 0 Å². The van der Waals surface area contributed by atoms with Crippen molar-refractivity contribution < 1.29 is 4.42 Å². The number of hydrogen-bond acceptors (Lipinski definition) is 5. The average Bonchev–Trinajstić information content (AvgIpc) is 3.22. The monoisotopic (exact) mass is 402 g/mol. The summed E-state index contributed by atoms with van der Waals surface area (Å²) in [6.45, 7) is 2.49. The van der Waals surface area contributed by atoms with Crippen molar-refractivity contribution in [3.05, 3.63) is 89.2 Å². The van der Waals surface area contributed by atoms with Crippen molar-refractivity contribution in [2.45, 2.75) is 19.5 Å². The number of aromatic nitrogens is 3. The van der Waals surface area contributed by atoms with E-state index in [0.717, 1.165) is 60.2 Å². The minimum Gasteiger partial charge on any atom is -0.460 e. The first-order valence-electron chi connectivity index (χ1n) is 9.57. The van der Waals surface area contributed by atoms with E-state index in [2.05, 4.69) is 14.9 Å².